The standard InChI is InChI=1S/C12H13F3/c1-8-6-10(8)7-9-2-4-11(5-3-9)12(13,14)15/h2-5,8,10H,6-7H2,1H3/t8-,10+/m0/s1. The maximum atomic E-state index is 12.3. The van der Waals surface area contributed by atoms with Crippen LogP contribution in [0.15, 0.2) is 24.3 Å². The van der Waals surface area contributed by atoms with E-state index >= 15 is 0 Å². The van der Waals surface area contributed by atoms with E-state index in [4.69, 9.17) is 0 Å². The molecule has 0 nitrogen and oxygen atoms in total. The molecule has 0 aromatic heterocycles. The number of hydrogen-bond acceptors (Lipinski definition) is 0. The normalized spacial score (nSPS) is 25.3. The van der Waals surface area contributed by atoms with Crippen LogP contribution in [0, 0.1) is 11.8 Å². The molecule has 1 aliphatic carbocycles. The van der Waals surface area contributed by atoms with E-state index < -0.39 is 11.7 Å². The molecule has 15 heavy (non-hydrogen) atoms. The summed E-state index contributed by atoms with van der Waals surface area (Å²) in [5.41, 5.74) is 0.451. The molecule has 1 aliphatic rings. The van der Waals surface area contributed by atoms with Gasteiger partial charge < -0.3 is 0 Å². The highest BCUT2D eigenvalue weighted by Crippen LogP contribution is 2.40. The first-order valence-electron chi connectivity index (χ1n) is 5.13. The first-order valence-corrected chi connectivity index (χ1v) is 5.13. The first kappa shape index (κ1) is 10.5. The lowest BCUT2D eigenvalue weighted by molar-refractivity contribution is -0.137. The fourth-order valence-corrected chi connectivity index (χ4v) is 1.82. The summed E-state index contributed by atoms with van der Waals surface area (Å²) in [6.45, 7) is 2.18. The Morgan fingerprint density at radius 3 is 2.13 bits per heavy atom. The third kappa shape index (κ3) is 2.52. The summed E-state index contributed by atoms with van der Waals surface area (Å²) in [5.74, 6) is 1.43. The molecule has 0 unspecified atom stereocenters. The van der Waals surface area contributed by atoms with Crippen molar-refractivity contribution in [1.29, 1.82) is 0 Å². The second-order valence-corrected chi connectivity index (χ2v) is 4.37. The summed E-state index contributed by atoms with van der Waals surface area (Å²) in [4.78, 5) is 0. The molecular formula is C12H13F3. The SMILES string of the molecule is C[C@H]1C[C@@H]1Cc1ccc(C(F)(F)F)cc1. The Kier molecular flexibility index (Phi) is 2.49. The molecule has 1 fully saturated rings. The van der Waals surface area contributed by atoms with Gasteiger partial charge in [0.05, 0.1) is 5.56 Å². The van der Waals surface area contributed by atoms with Gasteiger partial charge in [-0.1, -0.05) is 19.1 Å². The molecule has 0 heterocycles. The Bertz CT molecular complexity index is 337. The summed E-state index contributed by atoms with van der Waals surface area (Å²) in [6.07, 6.45) is -2.09. The quantitative estimate of drug-likeness (QED) is 0.700. The summed E-state index contributed by atoms with van der Waals surface area (Å²) in [6, 6.07) is 5.52. The highest BCUT2D eigenvalue weighted by atomic mass is 19.4. The smallest absolute Gasteiger partial charge is 0.166 e. The molecule has 3 heteroatoms. The largest absolute Gasteiger partial charge is 0.416 e. The Labute approximate surface area is 87.1 Å². The van der Waals surface area contributed by atoms with E-state index in [-0.39, 0.29) is 0 Å². The first-order chi connectivity index (χ1) is 6.97. The molecule has 0 radical (unpaired) electrons. The van der Waals surface area contributed by atoms with Gasteiger partial charge in [-0.05, 0) is 42.4 Å². The van der Waals surface area contributed by atoms with Gasteiger partial charge in [0.25, 0.3) is 0 Å². The molecular weight excluding hydrogens is 201 g/mol. The Morgan fingerprint density at radius 2 is 1.73 bits per heavy atom. The van der Waals surface area contributed by atoms with Crippen LogP contribution in [0.4, 0.5) is 13.2 Å². The predicted octanol–water partition coefficient (Wildman–Crippen LogP) is 3.90. The monoisotopic (exact) mass is 214 g/mol. The fourth-order valence-electron chi connectivity index (χ4n) is 1.82. The van der Waals surface area contributed by atoms with Crippen LogP contribution in [0.5, 0.6) is 0 Å². The lowest BCUT2D eigenvalue weighted by Gasteiger charge is -2.07. The Morgan fingerprint density at radius 1 is 1.20 bits per heavy atom. The van der Waals surface area contributed by atoms with Crippen molar-refractivity contribution in [2.24, 2.45) is 11.8 Å². The number of hydrogen-bond donors (Lipinski definition) is 0. The summed E-state index contributed by atoms with van der Waals surface area (Å²) < 4.78 is 36.8. The number of benzene rings is 1. The van der Waals surface area contributed by atoms with Gasteiger partial charge in [0, 0.05) is 0 Å². The van der Waals surface area contributed by atoms with Crippen LogP contribution in [0.25, 0.3) is 0 Å². The Balaban J connectivity index is 2.04. The van der Waals surface area contributed by atoms with Gasteiger partial charge in [-0.2, -0.15) is 13.2 Å². The molecule has 2 rings (SSSR count). The molecule has 1 saturated carbocycles. The minimum absolute atomic E-state index is 0.560. The summed E-state index contributed by atoms with van der Waals surface area (Å²) in [5, 5.41) is 0. The van der Waals surface area contributed by atoms with Crippen molar-refractivity contribution in [2.75, 3.05) is 0 Å². The topological polar surface area (TPSA) is 0 Å². The third-order valence-corrected chi connectivity index (χ3v) is 3.06. The van der Waals surface area contributed by atoms with Crippen molar-refractivity contribution < 1.29 is 13.2 Å². The second-order valence-electron chi connectivity index (χ2n) is 4.37. The van der Waals surface area contributed by atoms with Crippen molar-refractivity contribution in [2.45, 2.75) is 25.9 Å². The summed E-state index contributed by atoms with van der Waals surface area (Å²) in [7, 11) is 0. The highest BCUT2D eigenvalue weighted by molar-refractivity contribution is 5.25. The molecule has 1 aromatic rings. The molecule has 0 spiro atoms. The van der Waals surface area contributed by atoms with Gasteiger partial charge in [0.1, 0.15) is 0 Å². The van der Waals surface area contributed by atoms with E-state index in [1.807, 2.05) is 0 Å². The van der Waals surface area contributed by atoms with E-state index in [1.165, 1.54) is 18.6 Å². The lowest BCUT2D eigenvalue weighted by atomic mass is 10.1. The van der Waals surface area contributed by atoms with Gasteiger partial charge in [-0.15, -0.1) is 0 Å². The van der Waals surface area contributed by atoms with E-state index in [9.17, 15) is 13.2 Å². The maximum Gasteiger partial charge on any atom is 0.416 e. The van der Waals surface area contributed by atoms with Crippen molar-refractivity contribution in [1.82, 2.24) is 0 Å². The molecule has 0 N–H and O–H groups in total. The zero-order chi connectivity index (χ0) is 11.1. The minimum Gasteiger partial charge on any atom is -0.166 e. The van der Waals surface area contributed by atoms with Gasteiger partial charge >= 0.3 is 6.18 Å². The van der Waals surface area contributed by atoms with Crippen LogP contribution < -0.4 is 0 Å². The van der Waals surface area contributed by atoms with Crippen LogP contribution in [0.1, 0.15) is 24.5 Å². The molecule has 0 amide bonds. The third-order valence-electron chi connectivity index (χ3n) is 3.06. The van der Waals surface area contributed by atoms with Crippen LogP contribution in [-0.2, 0) is 12.6 Å². The minimum atomic E-state index is -4.22. The average Bonchev–Trinajstić information content (AvgIpc) is 2.81. The van der Waals surface area contributed by atoms with Crippen LogP contribution in [-0.4, -0.2) is 0 Å². The van der Waals surface area contributed by atoms with Crippen LogP contribution in [0.2, 0.25) is 0 Å². The van der Waals surface area contributed by atoms with Crippen molar-refractivity contribution in [3.8, 4) is 0 Å². The van der Waals surface area contributed by atoms with E-state index in [1.54, 1.807) is 12.1 Å². The number of rotatable bonds is 2. The van der Waals surface area contributed by atoms with Crippen LogP contribution >= 0.6 is 0 Å². The van der Waals surface area contributed by atoms with Crippen molar-refractivity contribution in [3.05, 3.63) is 35.4 Å². The summed E-state index contributed by atoms with van der Waals surface area (Å²) >= 11 is 0. The molecule has 0 aliphatic heterocycles. The highest BCUT2D eigenvalue weighted by Gasteiger charge is 2.33. The van der Waals surface area contributed by atoms with Crippen molar-refractivity contribution in [3.63, 3.8) is 0 Å². The van der Waals surface area contributed by atoms with Gasteiger partial charge in [0.15, 0.2) is 0 Å². The lowest BCUT2D eigenvalue weighted by Crippen LogP contribution is -2.04. The zero-order valence-electron chi connectivity index (χ0n) is 8.51. The van der Waals surface area contributed by atoms with E-state index in [0.29, 0.717) is 5.92 Å². The van der Waals surface area contributed by atoms with Crippen molar-refractivity contribution >= 4 is 0 Å². The number of halogens is 3. The number of alkyl halides is 3. The molecule has 0 saturated heterocycles. The average molecular weight is 214 g/mol. The van der Waals surface area contributed by atoms with Gasteiger partial charge in [-0.25, -0.2) is 0 Å². The Hall–Kier alpha value is -0.990. The second kappa shape index (κ2) is 3.54. The van der Waals surface area contributed by atoms with E-state index in [0.717, 1.165) is 17.9 Å². The van der Waals surface area contributed by atoms with Crippen LogP contribution in [0.3, 0.4) is 0 Å². The molecule has 82 valence electrons. The molecule has 0 bridgehead atoms. The fraction of sp³-hybridized carbons (Fsp3) is 0.500. The molecule has 1 aromatic carbocycles. The van der Waals surface area contributed by atoms with Gasteiger partial charge in [0.2, 0.25) is 0 Å². The predicted molar refractivity (Wildman–Crippen MR) is 52.4 cm³/mol. The maximum absolute atomic E-state index is 12.3. The zero-order valence-corrected chi connectivity index (χ0v) is 8.51. The van der Waals surface area contributed by atoms with E-state index in [2.05, 4.69) is 6.92 Å². The van der Waals surface area contributed by atoms with Gasteiger partial charge in [-0.3, -0.25) is 0 Å². The molecule has 2 atom stereocenters.